The van der Waals surface area contributed by atoms with E-state index in [4.69, 9.17) is 4.74 Å². The third kappa shape index (κ3) is 7.30. The summed E-state index contributed by atoms with van der Waals surface area (Å²) in [5.41, 5.74) is 2.30. The van der Waals surface area contributed by atoms with E-state index >= 15 is 4.39 Å². The number of piperidine rings is 1. The van der Waals surface area contributed by atoms with Crippen LogP contribution in [0, 0.1) is 12.7 Å². The van der Waals surface area contributed by atoms with Gasteiger partial charge in [-0.15, -0.1) is 11.3 Å². The summed E-state index contributed by atoms with van der Waals surface area (Å²) >= 11 is 2.54. The third-order valence-electron chi connectivity index (χ3n) is 9.22. The highest BCUT2D eigenvalue weighted by atomic mass is 32.1. The molecule has 2 aliphatic rings. The number of carbonyl (C=O) groups is 1. The van der Waals surface area contributed by atoms with Crippen molar-refractivity contribution in [2.75, 3.05) is 45.9 Å². The second-order valence-corrected chi connectivity index (χ2v) is 15.1. The molecule has 4 N–H and O–H groups in total. The lowest BCUT2D eigenvalue weighted by atomic mass is 9.89. The number of thiazole rings is 2. The largest absolute Gasteiger partial charge is 0.506 e. The number of aromatic amines is 1. The van der Waals surface area contributed by atoms with Gasteiger partial charge < -0.3 is 30.2 Å². The van der Waals surface area contributed by atoms with E-state index in [1.807, 2.05) is 24.0 Å². The number of nitrogens with one attached hydrogen (secondary N) is 2. The Bertz CT molecular complexity index is 1790. The molecule has 252 valence electrons. The minimum atomic E-state index is -0.893. The normalized spacial score (nSPS) is 17.6. The number of morpholine rings is 1. The van der Waals surface area contributed by atoms with E-state index in [-0.39, 0.29) is 34.8 Å². The van der Waals surface area contributed by atoms with Crippen LogP contribution >= 0.6 is 22.7 Å². The number of phenols is 1. The lowest BCUT2D eigenvalue weighted by Crippen LogP contribution is -2.58. The molecule has 2 aliphatic heterocycles. The number of hydrogen-bond donors (Lipinski definition) is 4. The summed E-state index contributed by atoms with van der Waals surface area (Å²) in [5.74, 6) is 0.0184. The van der Waals surface area contributed by atoms with Crippen molar-refractivity contribution in [2.24, 2.45) is 0 Å². The smallest absolute Gasteiger partial charge is 0.305 e. The maximum atomic E-state index is 15.6. The van der Waals surface area contributed by atoms with Gasteiger partial charge in [0, 0.05) is 54.6 Å². The molecule has 0 aliphatic carbocycles. The Balaban J connectivity index is 1.000. The SMILES string of the molecule is Cc1sc(C(C)C)nc1C(=O)N1CCOC2(CCN(Cc3cccc(CCNC[C@H](O)c4ccc(O)c5[nH]c(=O)sc45)c3F)CC2)C1. The molecular formula is C34H42FN5O5S2. The predicted octanol–water partition coefficient (Wildman–Crippen LogP) is 4.70. The van der Waals surface area contributed by atoms with E-state index < -0.39 is 11.7 Å². The predicted molar refractivity (Wildman–Crippen MR) is 182 cm³/mol. The van der Waals surface area contributed by atoms with E-state index in [9.17, 15) is 19.8 Å². The van der Waals surface area contributed by atoms with Crippen molar-refractivity contribution in [2.45, 2.75) is 64.2 Å². The Kier molecular flexibility index (Phi) is 10.1. The van der Waals surface area contributed by atoms with E-state index in [0.717, 1.165) is 47.2 Å². The van der Waals surface area contributed by atoms with Crippen LogP contribution < -0.4 is 10.2 Å². The third-order valence-corrected chi connectivity index (χ3v) is 11.4. The summed E-state index contributed by atoms with van der Waals surface area (Å²) in [6.07, 6.45) is 1.10. The molecular weight excluding hydrogens is 642 g/mol. The molecule has 13 heteroatoms. The molecule has 1 amide bonds. The quantitative estimate of drug-likeness (QED) is 0.177. The highest BCUT2D eigenvalue weighted by Gasteiger charge is 2.41. The average Bonchev–Trinajstić information content (AvgIpc) is 3.65. The van der Waals surface area contributed by atoms with Gasteiger partial charge in [-0.25, -0.2) is 9.37 Å². The van der Waals surface area contributed by atoms with Gasteiger partial charge in [0.1, 0.15) is 22.8 Å². The number of phenolic OH excluding ortho intramolecular Hbond substituents is 1. The van der Waals surface area contributed by atoms with Gasteiger partial charge in [-0.2, -0.15) is 0 Å². The van der Waals surface area contributed by atoms with Gasteiger partial charge in [0.2, 0.25) is 0 Å². The van der Waals surface area contributed by atoms with Crippen LogP contribution in [0.25, 0.3) is 10.2 Å². The topological polar surface area (TPSA) is 131 Å². The maximum Gasteiger partial charge on any atom is 0.305 e. The Labute approximate surface area is 281 Å². The molecule has 0 bridgehead atoms. The van der Waals surface area contributed by atoms with Crippen molar-refractivity contribution < 1.29 is 24.1 Å². The number of aliphatic hydroxyl groups excluding tert-OH is 1. The molecule has 6 rings (SSSR count). The minimum Gasteiger partial charge on any atom is -0.506 e. The molecule has 2 aromatic carbocycles. The zero-order valence-electron chi connectivity index (χ0n) is 27.0. The van der Waals surface area contributed by atoms with Crippen molar-refractivity contribution in [1.29, 1.82) is 0 Å². The number of amides is 1. The molecule has 2 fully saturated rings. The molecule has 47 heavy (non-hydrogen) atoms. The molecule has 10 nitrogen and oxygen atoms in total. The van der Waals surface area contributed by atoms with Gasteiger partial charge in [-0.3, -0.25) is 14.5 Å². The summed E-state index contributed by atoms with van der Waals surface area (Å²) < 4.78 is 22.4. The van der Waals surface area contributed by atoms with Crippen molar-refractivity contribution in [3.63, 3.8) is 0 Å². The van der Waals surface area contributed by atoms with Gasteiger partial charge in [-0.1, -0.05) is 49.4 Å². The van der Waals surface area contributed by atoms with E-state index in [1.165, 1.54) is 6.07 Å². The summed E-state index contributed by atoms with van der Waals surface area (Å²) in [5, 5.41) is 24.9. The van der Waals surface area contributed by atoms with Crippen LogP contribution in [0.3, 0.4) is 0 Å². The number of carbonyl (C=O) groups excluding carboxylic acids is 1. The van der Waals surface area contributed by atoms with E-state index in [2.05, 4.69) is 34.0 Å². The number of ether oxygens (including phenoxy) is 1. The number of fused-ring (bicyclic) bond motifs is 1. The zero-order chi connectivity index (χ0) is 33.3. The van der Waals surface area contributed by atoms with E-state index in [1.54, 1.807) is 23.5 Å². The Morgan fingerprint density at radius 2 is 1.94 bits per heavy atom. The molecule has 4 heterocycles. The number of aryl methyl sites for hydroxylation is 1. The monoisotopic (exact) mass is 683 g/mol. The van der Waals surface area contributed by atoms with E-state index in [0.29, 0.717) is 71.8 Å². The van der Waals surface area contributed by atoms with Crippen LogP contribution in [-0.2, 0) is 17.7 Å². The Hall–Kier alpha value is -3.20. The van der Waals surface area contributed by atoms with Crippen molar-refractivity contribution in [3.05, 3.63) is 78.1 Å². The molecule has 2 aromatic heterocycles. The standard InChI is InChI=1S/C34H42FN5O5S2/c1-20(2)31-37-28(21(3)46-31)32(43)40-15-16-45-34(19-40)10-13-39(14-11-34)18-23-6-4-5-22(27(23)35)9-12-36-17-26(42)24-7-8-25(41)29-30(24)47-33(44)38-29/h4-8,20,26,36,41-42H,9-19H2,1-3H3,(H,38,44)/t26-/m0/s1. The first-order valence-electron chi connectivity index (χ1n) is 16.2. The number of H-pyrrole nitrogens is 1. The first kappa shape index (κ1) is 33.7. The number of aromatic nitrogens is 2. The van der Waals surface area contributed by atoms with Gasteiger partial charge in [0.05, 0.1) is 34.6 Å². The molecule has 4 aromatic rings. The van der Waals surface area contributed by atoms with Crippen molar-refractivity contribution in [1.82, 2.24) is 25.1 Å². The number of hydrogen-bond acceptors (Lipinski definition) is 10. The lowest BCUT2D eigenvalue weighted by molar-refractivity contribution is -0.128. The molecule has 1 spiro atoms. The first-order valence-corrected chi connectivity index (χ1v) is 17.8. The van der Waals surface area contributed by atoms with Crippen LogP contribution in [0.4, 0.5) is 4.39 Å². The van der Waals surface area contributed by atoms with Crippen molar-refractivity contribution in [3.8, 4) is 5.75 Å². The molecule has 0 radical (unpaired) electrons. The van der Waals surface area contributed by atoms with Crippen LogP contribution in [0.2, 0.25) is 0 Å². The van der Waals surface area contributed by atoms with Crippen LogP contribution in [-0.4, -0.2) is 87.4 Å². The number of aliphatic hydroxyl groups is 1. The molecule has 1 atom stereocenters. The second kappa shape index (κ2) is 14.1. The average molecular weight is 684 g/mol. The lowest BCUT2D eigenvalue weighted by Gasteiger charge is -2.47. The number of benzene rings is 2. The fourth-order valence-corrected chi connectivity index (χ4v) is 8.35. The summed E-state index contributed by atoms with van der Waals surface area (Å²) in [6.45, 7) is 10.4. The summed E-state index contributed by atoms with van der Waals surface area (Å²) in [4.78, 5) is 37.3. The number of nitrogens with zero attached hydrogens (tertiary/aromatic N) is 3. The Morgan fingerprint density at radius 1 is 1.17 bits per heavy atom. The zero-order valence-corrected chi connectivity index (χ0v) is 28.6. The van der Waals surface area contributed by atoms with Gasteiger partial charge in [0.15, 0.2) is 0 Å². The van der Waals surface area contributed by atoms with Crippen LogP contribution in [0.1, 0.15) is 75.8 Å². The van der Waals surface area contributed by atoms with Gasteiger partial charge in [0.25, 0.3) is 5.91 Å². The number of likely N-dealkylation sites (tertiary alicyclic amines) is 1. The van der Waals surface area contributed by atoms with Crippen LogP contribution in [0.5, 0.6) is 5.75 Å². The Morgan fingerprint density at radius 3 is 2.68 bits per heavy atom. The van der Waals surface area contributed by atoms with Crippen LogP contribution in [0.15, 0.2) is 35.1 Å². The second-order valence-electron chi connectivity index (χ2n) is 12.9. The molecule has 0 unspecified atom stereocenters. The fraction of sp³-hybridized carbons (Fsp3) is 0.500. The van der Waals surface area contributed by atoms with Gasteiger partial charge >= 0.3 is 4.87 Å². The van der Waals surface area contributed by atoms with Gasteiger partial charge in [-0.05, 0) is 44.4 Å². The first-order chi connectivity index (χ1) is 22.5. The highest BCUT2D eigenvalue weighted by Crippen LogP contribution is 2.34. The number of aromatic hydroxyl groups is 1. The fourth-order valence-electron chi connectivity index (χ4n) is 6.51. The maximum absolute atomic E-state index is 15.6. The molecule has 0 saturated carbocycles. The summed E-state index contributed by atoms with van der Waals surface area (Å²) in [7, 11) is 0. The number of halogens is 1. The summed E-state index contributed by atoms with van der Waals surface area (Å²) in [6, 6.07) is 8.57. The minimum absolute atomic E-state index is 0.0182. The number of rotatable bonds is 10. The molecule has 2 saturated heterocycles. The highest BCUT2D eigenvalue weighted by molar-refractivity contribution is 7.16. The van der Waals surface area contributed by atoms with Crippen molar-refractivity contribution >= 4 is 38.8 Å².